The summed E-state index contributed by atoms with van der Waals surface area (Å²) in [6.07, 6.45) is 0. The third-order valence-corrected chi connectivity index (χ3v) is 3.79. The monoisotopic (exact) mass is 405 g/mol. The molecule has 0 saturated carbocycles. The summed E-state index contributed by atoms with van der Waals surface area (Å²) in [5.74, 6) is 3.71. The number of rotatable bonds is 3. The summed E-state index contributed by atoms with van der Waals surface area (Å²) >= 11 is 12.6. The summed E-state index contributed by atoms with van der Waals surface area (Å²) in [6.45, 7) is 0. The van der Waals surface area contributed by atoms with E-state index < -0.39 is 5.91 Å². The van der Waals surface area contributed by atoms with Crippen LogP contribution in [0.5, 0.6) is 0 Å². The molecule has 0 aliphatic rings. The second-order valence-corrected chi connectivity index (χ2v) is 5.75. The summed E-state index contributed by atoms with van der Waals surface area (Å²) in [5, 5.41) is 9.83. The van der Waals surface area contributed by atoms with Gasteiger partial charge in [0.2, 0.25) is 11.9 Å². The van der Waals surface area contributed by atoms with E-state index in [0.717, 1.165) is 0 Å². The number of halogens is 2. The fourth-order valence-corrected chi connectivity index (χ4v) is 2.78. The maximum atomic E-state index is 11.2. The lowest BCUT2D eigenvalue weighted by molar-refractivity contribution is 0.100. The molecule has 0 saturated heterocycles. The van der Waals surface area contributed by atoms with E-state index in [9.17, 15) is 4.79 Å². The Labute approximate surface area is 163 Å². The Kier molecular flexibility index (Phi) is 6.52. The average Bonchev–Trinajstić information content (AvgIpc) is 2.61. The van der Waals surface area contributed by atoms with E-state index >= 15 is 0 Å². The van der Waals surface area contributed by atoms with Crippen molar-refractivity contribution in [2.24, 2.45) is 42.7 Å². The summed E-state index contributed by atoms with van der Waals surface area (Å²) in [4.78, 5) is 18.8. The standard InChI is InChI=1S/C15H13Cl2N9O/c16-10-5-9(22-14(19)23-15(24-20)25-26-21)6-11(17)12(10)7-1-3-8(4-2-7)13(18)27/h1-6,20H,(H2,18,27)(H4,19,21,22,23,25). The highest BCUT2D eigenvalue weighted by atomic mass is 35.5. The van der Waals surface area contributed by atoms with Crippen LogP contribution >= 0.6 is 23.2 Å². The molecule has 0 unspecified atom stereocenters. The predicted octanol–water partition coefficient (Wildman–Crippen LogP) is 3.42. The number of nitrogens with one attached hydrogen (secondary N) is 1. The van der Waals surface area contributed by atoms with Crippen molar-refractivity contribution >= 4 is 46.7 Å². The Hall–Kier alpha value is -3.37. The van der Waals surface area contributed by atoms with Crippen molar-refractivity contribution in [1.82, 2.24) is 0 Å². The quantitative estimate of drug-likeness (QED) is 0.201. The molecule has 0 spiro atoms. The van der Waals surface area contributed by atoms with Gasteiger partial charge in [-0.05, 0) is 29.8 Å². The third kappa shape index (κ3) is 5.06. The van der Waals surface area contributed by atoms with Crippen LogP contribution in [0.4, 0.5) is 5.69 Å². The number of guanidine groups is 2. The largest absolute Gasteiger partial charge is 0.368 e. The summed E-state index contributed by atoms with van der Waals surface area (Å²) in [7, 11) is 0. The number of nitrogens with two attached hydrogens (primary N) is 3. The van der Waals surface area contributed by atoms with Crippen LogP contribution in [-0.4, -0.2) is 17.8 Å². The van der Waals surface area contributed by atoms with E-state index in [2.05, 4.69) is 25.4 Å². The second-order valence-electron chi connectivity index (χ2n) is 4.94. The summed E-state index contributed by atoms with van der Waals surface area (Å²) < 4.78 is 0. The molecule has 10 nitrogen and oxygen atoms in total. The number of hydrogen-bond acceptors (Lipinski definition) is 4. The van der Waals surface area contributed by atoms with E-state index in [1.165, 1.54) is 12.1 Å². The first-order valence-electron chi connectivity index (χ1n) is 7.16. The topological polar surface area (TPSA) is 181 Å². The van der Waals surface area contributed by atoms with Crippen LogP contribution in [0.3, 0.4) is 0 Å². The highest BCUT2D eigenvalue weighted by Crippen LogP contribution is 2.38. The second kappa shape index (κ2) is 8.83. The molecule has 2 aromatic rings. The average molecular weight is 406 g/mol. The Morgan fingerprint density at radius 3 is 2.11 bits per heavy atom. The van der Waals surface area contributed by atoms with Gasteiger partial charge in [0.25, 0.3) is 5.96 Å². The van der Waals surface area contributed by atoms with Gasteiger partial charge in [-0.15, -0.1) is 5.11 Å². The molecule has 0 atom stereocenters. The molecule has 2 aromatic carbocycles. The smallest absolute Gasteiger partial charge is 0.292 e. The van der Waals surface area contributed by atoms with Gasteiger partial charge in [-0.25, -0.2) is 10.5 Å². The van der Waals surface area contributed by atoms with Gasteiger partial charge in [-0.1, -0.05) is 45.7 Å². The minimum atomic E-state index is -0.535. The molecule has 0 radical (unpaired) electrons. The van der Waals surface area contributed by atoms with Crippen molar-refractivity contribution in [2.45, 2.75) is 0 Å². The SMILES string of the molecule is N=NC(N=NN)=NC(N)=Nc1cc(Cl)c(-c2ccc(C(N)=O)cc2)c(Cl)c1. The predicted molar refractivity (Wildman–Crippen MR) is 103 cm³/mol. The number of benzene rings is 2. The minimum Gasteiger partial charge on any atom is -0.368 e. The van der Waals surface area contributed by atoms with Crippen LogP contribution in [0, 0.1) is 5.53 Å². The van der Waals surface area contributed by atoms with E-state index in [1.807, 2.05) is 0 Å². The fraction of sp³-hybridized carbons (Fsp3) is 0. The van der Waals surface area contributed by atoms with Crippen LogP contribution in [0.15, 0.2) is 61.8 Å². The number of hydrogen-bond donors (Lipinski definition) is 4. The molecule has 0 aliphatic carbocycles. The molecule has 7 N–H and O–H groups in total. The lowest BCUT2D eigenvalue weighted by atomic mass is 10.0. The van der Waals surface area contributed by atoms with Crippen LogP contribution < -0.4 is 17.3 Å². The van der Waals surface area contributed by atoms with Gasteiger partial charge < -0.3 is 17.3 Å². The summed E-state index contributed by atoms with van der Waals surface area (Å²) in [6, 6.07) is 9.54. The third-order valence-electron chi connectivity index (χ3n) is 3.19. The molecule has 1 amide bonds. The molecule has 0 aromatic heterocycles. The van der Waals surface area contributed by atoms with E-state index in [4.69, 9.17) is 46.0 Å². The zero-order valence-corrected chi connectivity index (χ0v) is 15.1. The molecule has 2 rings (SSSR count). The van der Waals surface area contributed by atoms with Gasteiger partial charge in [-0.2, -0.15) is 4.99 Å². The fourth-order valence-electron chi connectivity index (χ4n) is 2.08. The van der Waals surface area contributed by atoms with E-state index in [0.29, 0.717) is 32.4 Å². The lowest BCUT2D eigenvalue weighted by Crippen LogP contribution is -2.10. The molecular weight excluding hydrogens is 393 g/mol. The zero-order chi connectivity index (χ0) is 20.0. The van der Waals surface area contributed by atoms with Gasteiger partial charge in [0.05, 0.1) is 15.7 Å². The molecule has 0 heterocycles. The van der Waals surface area contributed by atoms with Gasteiger partial charge in [0.15, 0.2) is 0 Å². The number of nitrogens with zero attached hydrogens (tertiary/aromatic N) is 5. The molecular formula is C15H13Cl2N9O. The van der Waals surface area contributed by atoms with Crippen molar-refractivity contribution in [1.29, 1.82) is 5.53 Å². The maximum Gasteiger partial charge on any atom is 0.292 e. The van der Waals surface area contributed by atoms with Gasteiger partial charge in [0, 0.05) is 11.1 Å². The highest BCUT2D eigenvalue weighted by Gasteiger charge is 2.12. The normalized spacial score (nSPS) is 12.4. The van der Waals surface area contributed by atoms with Gasteiger partial charge >= 0.3 is 0 Å². The molecule has 0 aliphatic heterocycles. The Balaban J connectivity index is 2.40. The molecule has 0 bridgehead atoms. The van der Waals surface area contributed by atoms with Crippen LogP contribution in [-0.2, 0) is 0 Å². The van der Waals surface area contributed by atoms with Gasteiger partial charge in [0.1, 0.15) is 0 Å². The zero-order valence-electron chi connectivity index (χ0n) is 13.6. The van der Waals surface area contributed by atoms with Crippen molar-refractivity contribution in [3.63, 3.8) is 0 Å². The number of aliphatic imine (C=N–C) groups is 2. The van der Waals surface area contributed by atoms with E-state index in [-0.39, 0.29) is 11.9 Å². The van der Waals surface area contributed by atoms with Crippen LogP contribution in [0.1, 0.15) is 10.4 Å². The number of carbonyl (C=O) groups is 1. The minimum absolute atomic E-state index is 0.251. The number of primary amides is 1. The van der Waals surface area contributed by atoms with Crippen LogP contribution in [0.25, 0.3) is 11.1 Å². The first-order valence-corrected chi connectivity index (χ1v) is 7.91. The van der Waals surface area contributed by atoms with Crippen molar-refractivity contribution in [3.05, 3.63) is 52.0 Å². The molecule has 138 valence electrons. The first kappa shape index (κ1) is 19.9. The molecule has 27 heavy (non-hydrogen) atoms. The lowest BCUT2D eigenvalue weighted by Gasteiger charge is -2.09. The Morgan fingerprint density at radius 2 is 1.63 bits per heavy atom. The van der Waals surface area contributed by atoms with E-state index in [1.54, 1.807) is 24.3 Å². The number of carbonyl (C=O) groups excluding carboxylic acids is 1. The summed E-state index contributed by atoms with van der Waals surface area (Å²) in [5.41, 5.74) is 19.7. The Bertz CT molecular complexity index is 945. The molecule has 12 heteroatoms. The van der Waals surface area contributed by atoms with Gasteiger partial charge in [-0.3, -0.25) is 4.79 Å². The molecule has 0 fully saturated rings. The first-order chi connectivity index (χ1) is 12.8. The van der Waals surface area contributed by atoms with Crippen molar-refractivity contribution < 1.29 is 4.79 Å². The van der Waals surface area contributed by atoms with Crippen LogP contribution in [0.2, 0.25) is 10.0 Å². The highest BCUT2D eigenvalue weighted by molar-refractivity contribution is 6.39. The number of amides is 1. The van der Waals surface area contributed by atoms with Crippen molar-refractivity contribution in [3.8, 4) is 11.1 Å². The maximum absolute atomic E-state index is 11.2. The Morgan fingerprint density at radius 1 is 1.04 bits per heavy atom. The van der Waals surface area contributed by atoms with Crippen molar-refractivity contribution in [2.75, 3.05) is 0 Å².